The fraction of sp³-hybridized carbons (Fsp3) is 0.562. The van der Waals surface area contributed by atoms with E-state index in [0.29, 0.717) is 15.6 Å². The molecule has 4 heteroatoms. The highest BCUT2D eigenvalue weighted by atomic mass is 35.5. The van der Waals surface area contributed by atoms with E-state index in [1.54, 1.807) is 18.2 Å². The molecule has 1 aromatic rings. The Morgan fingerprint density at radius 1 is 1.10 bits per heavy atom. The van der Waals surface area contributed by atoms with Crippen molar-refractivity contribution >= 4 is 29.0 Å². The molecule has 110 valence electrons. The topological polar surface area (TPSA) is 20.3 Å². The molecule has 1 heterocycles. The summed E-state index contributed by atoms with van der Waals surface area (Å²) >= 11 is 12.0. The van der Waals surface area contributed by atoms with E-state index in [1.807, 2.05) is 6.92 Å². The van der Waals surface area contributed by atoms with E-state index >= 15 is 0 Å². The standard InChI is InChI=1S/C16H21Cl2NO/c1-12(19-9-5-3-2-4-6-10-19)16(20)14-8-7-13(17)11-15(14)18/h7-8,11-12H,2-6,9-10H2,1H3. The molecule has 0 spiro atoms. The van der Waals surface area contributed by atoms with Crippen molar-refractivity contribution in [2.75, 3.05) is 13.1 Å². The summed E-state index contributed by atoms with van der Waals surface area (Å²) in [5, 5.41) is 1.01. The van der Waals surface area contributed by atoms with Crippen LogP contribution in [0.2, 0.25) is 10.0 Å². The second kappa shape index (κ2) is 7.44. The van der Waals surface area contributed by atoms with Crippen molar-refractivity contribution in [3.8, 4) is 0 Å². The number of carbonyl (C=O) groups excluding carboxylic acids is 1. The van der Waals surface area contributed by atoms with Crippen LogP contribution in [0.25, 0.3) is 0 Å². The highest BCUT2D eigenvalue weighted by Gasteiger charge is 2.24. The van der Waals surface area contributed by atoms with Crippen LogP contribution in [0.5, 0.6) is 0 Å². The van der Waals surface area contributed by atoms with Crippen LogP contribution in [0.15, 0.2) is 18.2 Å². The van der Waals surface area contributed by atoms with Gasteiger partial charge in [0.1, 0.15) is 0 Å². The van der Waals surface area contributed by atoms with Crippen LogP contribution in [-0.2, 0) is 0 Å². The first kappa shape index (κ1) is 15.8. The molecule has 1 saturated heterocycles. The van der Waals surface area contributed by atoms with Crippen molar-refractivity contribution in [1.82, 2.24) is 4.90 Å². The highest BCUT2D eigenvalue weighted by Crippen LogP contribution is 2.24. The van der Waals surface area contributed by atoms with Crippen molar-refractivity contribution < 1.29 is 4.79 Å². The van der Waals surface area contributed by atoms with Crippen LogP contribution < -0.4 is 0 Å². The number of rotatable bonds is 3. The van der Waals surface area contributed by atoms with E-state index in [2.05, 4.69) is 4.90 Å². The SMILES string of the molecule is CC(C(=O)c1ccc(Cl)cc1Cl)N1CCCCCCC1. The molecule has 1 atom stereocenters. The van der Waals surface area contributed by atoms with Gasteiger partial charge in [-0.25, -0.2) is 0 Å². The average molecular weight is 314 g/mol. The predicted octanol–water partition coefficient (Wildman–Crippen LogP) is 4.83. The largest absolute Gasteiger partial charge is 0.294 e. The van der Waals surface area contributed by atoms with Gasteiger partial charge in [-0.3, -0.25) is 9.69 Å². The Labute approximate surface area is 131 Å². The minimum Gasteiger partial charge on any atom is -0.294 e. The van der Waals surface area contributed by atoms with Crippen LogP contribution in [0, 0.1) is 0 Å². The predicted molar refractivity (Wildman–Crippen MR) is 84.9 cm³/mol. The summed E-state index contributed by atoms with van der Waals surface area (Å²) in [5.74, 6) is 0.0900. The molecule has 1 aliphatic heterocycles. The average Bonchev–Trinajstić information content (AvgIpc) is 2.37. The third-order valence-corrected chi connectivity index (χ3v) is 4.56. The Hall–Kier alpha value is -0.570. The van der Waals surface area contributed by atoms with E-state index in [4.69, 9.17) is 23.2 Å². The van der Waals surface area contributed by atoms with Crippen molar-refractivity contribution in [3.05, 3.63) is 33.8 Å². The Morgan fingerprint density at radius 2 is 1.70 bits per heavy atom. The van der Waals surface area contributed by atoms with E-state index in [-0.39, 0.29) is 11.8 Å². The van der Waals surface area contributed by atoms with Gasteiger partial charge in [0.2, 0.25) is 0 Å². The van der Waals surface area contributed by atoms with Gasteiger partial charge < -0.3 is 0 Å². The quantitative estimate of drug-likeness (QED) is 0.745. The summed E-state index contributed by atoms with van der Waals surface area (Å²) in [5.41, 5.74) is 0.575. The minimum absolute atomic E-state index is 0.0900. The number of halogens is 2. The Bertz CT molecular complexity index is 468. The minimum atomic E-state index is -0.119. The monoisotopic (exact) mass is 313 g/mol. The second-order valence-corrected chi connectivity index (χ2v) is 6.31. The van der Waals surface area contributed by atoms with Gasteiger partial charge in [-0.05, 0) is 51.1 Å². The molecular formula is C16H21Cl2NO. The number of likely N-dealkylation sites (tertiary alicyclic amines) is 1. The summed E-state index contributed by atoms with van der Waals surface area (Å²) < 4.78 is 0. The third kappa shape index (κ3) is 3.97. The molecular weight excluding hydrogens is 293 g/mol. The Morgan fingerprint density at radius 3 is 2.30 bits per heavy atom. The third-order valence-electron chi connectivity index (χ3n) is 4.01. The summed E-state index contributed by atoms with van der Waals surface area (Å²) in [6.45, 7) is 3.98. The number of benzene rings is 1. The second-order valence-electron chi connectivity index (χ2n) is 5.47. The fourth-order valence-electron chi connectivity index (χ4n) is 2.74. The first-order chi connectivity index (χ1) is 9.59. The molecule has 1 aromatic carbocycles. The lowest BCUT2D eigenvalue weighted by Gasteiger charge is -2.29. The van der Waals surface area contributed by atoms with Gasteiger partial charge in [0.15, 0.2) is 5.78 Å². The van der Waals surface area contributed by atoms with Gasteiger partial charge in [0.05, 0.1) is 11.1 Å². The van der Waals surface area contributed by atoms with Gasteiger partial charge in [-0.2, -0.15) is 0 Å². The van der Waals surface area contributed by atoms with Gasteiger partial charge in [0.25, 0.3) is 0 Å². The van der Waals surface area contributed by atoms with Crippen LogP contribution >= 0.6 is 23.2 Å². The molecule has 1 fully saturated rings. The lowest BCUT2D eigenvalue weighted by molar-refractivity contribution is 0.0826. The first-order valence-electron chi connectivity index (χ1n) is 7.33. The Balaban J connectivity index is 2.10. The van der Waals surface area contributed by atoms with E-state index < -0.39 is 0 Å². The van der Waals surface area contributed by atoms with Crippen molar-refractivity contribution in [3.63, 3.8) is 0 Å². The molecule has 1 aliphatic rings. The van der Waals surface area contributed by atoms with Crippen LogP contribution in [0.1, 0.15) is 49.4 Å². The molecule has 2 rings (SSSR count). The van der Waals surface area contributed by atoms with Gasteiger partial charge in [-0.15, -0.1) is 0 Å². The van der Waals surface area contributed by atoms with Crippen molar-refractivity contribution in [2.45, 2.75) is 45.1 Å². The smallest absolute Gasteiger partial charge is 0.181 e. The molecule has 20 heavy (non-hydrogen) atoms. The molecule has 0 aromatic heterocycles. The lowest BCUT2D eigenvalue weighted by Crippen LogP contribution is -2.41. The molecule has 0 radical (unpaired) electrons. The maximum atomic E-state index is 12.6. The lowest BCUT2D eigenvalue weighted by atomic mass is 10.0. The van der Waals surface area contributed by atoms with E-state index in [0.717, 1.165) is 13.1 Å². The van der Waals surface area contributed by atoms with Gasteiger partial charge in [0, 0.05) is 10.6 Å². The van der Waals surface area contributed by atoms with Gasteiger partial charge in [-0.1, -0.05) is 42.5 Å². The number of nitrogens with zero attached hydrogens (tertiary/aromatic N) is 1. The van der Waals surface area contributed by atoms with Crippen LogP contribution in [-0.4, -0.2) is 29.8 Å². The van der Waals surface area contributed by atoms with Crippen LogP contribution in [0.4, 0.5) is 0 Å². The zero-order valence-electron chi connectivity index (χ0n) is 11.9. The summed E-state index contributed by atoms with van der Waals surface area (Å²) in [4.78, 5) is 14.9. The molecule has 2 nitrogen and oxygen atoms in total. The summed E-state index contributed by atoms with van der Waals surface area (Å²) in [6.07, 6.45) is 6.19. The zero-order chi connectivity index (χ0) is 14.5. The number of ketones is 1. The molecule has 0 bridgehead atoms. The fourth-order valence-corrected chi connectivity index (χ4v) is 3.24. The molecule has 0 amide bonds. The summed E-state index contributed by atoms with van der Waals surface area (Å²) in [7, 11) is 0. The number of carbonyl (C=O) groups is 1. The molecule has 0 saturated carbocycles. The van der Waals surface area contributed by atoms with Crippen molar-refractivity contribution in [1.29, 1.82) is 0 Å². The van der Waals surface area contributed by atoms with Gasteiger partial charge >= 0.3 is 0 Å². The van der Waals surface area contributed by atoms with Crippen LogP contribution in [0.3, 0.4) is 0 Å². The molecule has 0 N–H and O–H groups in total. The number of hydrogen-bond acceptors (Lipinski definition) is 2. The molecule has 0 aliphatic carbocycles. The number of Topliss-reactive ketones (excluding diaryl/α,β-unsaturated/α-hetero) is 1. The van der Waals surface area contributed by atoms with E-state index in [1.165, 1.54) is 32.1 Å². The highest BCUT2D eigenvalue weighted by molar-refractivity contribution is 6.37. The normalized spacial score (nSPS) is 19.1. The first-order valence-corrected chi connectivity index (χ1v) is 8.08. The zero-order valence-corrected chi connectivity index (χ0v) is 13.4. The van der Waals surface area contributed by atoms with Crippen molar-refractivity contribution in [2.24, 2.45) is 0 Å². The molecule has 1 unspecified atom stereocenters. The maximum Gasteiger partial charge on any atom is 0.181 e. The Kier molecular flexibility index (Phi) is 5.88. The summed E-state index contributed by atoms with van der Waals surface area (Å²) in [6, 6.07) is 4.97. The van der Waals surface area contributed by atoms with E-state index in [9.17, 15) is 4.79 Å². The number of hydrogen-bond donors (Lipinski definition) is 0. The maximum absolute atomic E-state index is 12.6.